The third kappa shape index (κ3) is 2.97. The van der Waals surface area contributed by atoms with Gasteiger partial charge in [0.05, 0.1) is 17.6 Å². The molecule has 3 aromatic heterocycles. The molecule has 5 nitrogen and oxygen atoms in total. The second kappa shape index (κ2) is 6.93. The van der Waals surface area contributed by atoms with E-state index in [2.05, 4.69) is 15.4 Å². The Balaban J connectivity index is 1.34. The van der Waals surface area contributed by atoms with Crippen LogP contribution in [0, 0.1) is 0 Å². The Morgan fingerprint density at radius 2 is 2.12 bits per heavy atom. The lowest BCUT2D eigenvalue weighted by atomic mass is 9.93. The maximum atomic E-state index is 4.87. The number of pyridine rings is 1. The quantitative estimate of drug-likeness (QED) is 0.765. The molecule has 1 atom stereocenters. The van der Waals surface area contributed by atoms with E-state index in [1.807, 2.05) is 46.6 Å². The molecular weight excluding hydrogens is 342 g/mol. The number of nitrogens with zero attached hydrogens (tertiary/aromatic N) is 4. The van der Waals surface area contributed by atoms with Gasteiger partial charge in [0.1, 0.15) is 5.01 Å². The molecule has 0 saturated heterocycles. The molecule has 0 amide bonds. The van der Waals surface area contributed by atoms with Crippen molar-refractivity contribution < 1.29 is 0 Å². The predicted octanol–water partition coefficient (Wildman–Crippen LogP) is 3.77. The molecule has 5 rings (SSSR count). The molecule has 0 spiro atoms. The van der Waals surface area contributed by atoms with Gasteiger partial charge in [-0.1, -0.05) is 6.07 Å². The highest BCUT2D eigenvalue weighted by atomic mass is 32.1. The first-order valence-corrected chi connectivity index (χ1v) is 10.4. The summed E-state index contributed by atoms with van der Waals surface area (Å²) in [4.78, 5) is 10.8. The first kappa shape index (κ1) is 16.1. The number of hydrogen-bond donors (Lipinski definition) is 1. The Morgan fingerprint density at radius 1 is 1.15 bits per heavy atom. The van der Waals surface area contributed by atoms with E-state index in [0.29, 0.717) is 6.04 Å². The first-order valence-electron chi connectivity index (χ1n) is 9.57. The Morgan fingerprint density at radius 3 is 3.00 bits per heavy atom. The largest absolute Gasteiger partial charge is 0.303 e. The molecule has 3 aromatic rings. The molecule has 0 aliphatic heterocycles. The number of rotatable bonds is 4. The molecule has 0 fully saturated rings. The van der Waals surface area contributed by atoms with Gasteiger partial charge in [-0.3, -0.25) is 0 Å². The minimum absolute atomic E-state index is 0.358. The molecule has 0 bridgehead atoms. The summed E-state index contributed by atoms with van der Waals surface area (Å²) in [5.74, 6) is 0.905. The summed E-state index contributed by atoms with van der Waals surface area (Å²) in [7, 11) is 0. The Labute approximate surface area is 157 Å². The molecular formula is C20H23N5S. The van der Waals surface area contributed by atoms with E-state index >= 15 is 0 Å². The fourth-order valence-electron chi connectivity index (χ4n) is 4.14. The van der Waals surface area contributed by atoms with Crippen molar-refractivity contribution in [1.29, 1.82) is 0 Å². The zero-order chi connectivity index (χ0) is 17.3. The second-order valence-corrected chi connectivity index (χ2v) is 8.32. The van der Waals surface area contributed by atoms with Crippen molar-refractivity contribution in [1.82, 2.24) is 25.1 Å². The van der Waals surface area contributed by atoms with Gasteiger partial charge in [-0.05, 0) is 57.1 Å². The predicted molar refractivity (Wildman–Crippen MR) is 103 cm³/mol. The van der Waals surface area contributed by atoms with Crippen LogP contribution in [0.3, 0.4) is 0 Å². The fourth-order valence-corrected chi connectivity index (χ4v) is 5.24. The van der Waals surface area contributed by atoms with Gasteiger partial charge in [-0.25, -0.2) is 14.6 Å². The van der Waals surface area contributed by atoms with Gasteiger partial charge in [0, 0.05) is 29.2 Å². The van der Waals surface area contributed by atoms with Crippen molar-refractivity contribution in [2.75, 3.05) is 0 Å². The maximum absolute atomic E-state index is 4.87. The number of thiazole rings is 1. The first-order chi connectivity index (χ1) is 12.9. The zero-order valence-corrected chi connectivity index (χ0v) is 15.6. The number of hydrogen-bond acceptors (Lipinski definition) is 5. The number of aromatic nitrogens is 4. The van der Waals surface area contributed by atoms with Gasteiger partial charge in [0.2, 0.25) is 0 Å². The van der Waals surface area contributed by atoms with Crippen LogP contribution in [0.2, 0.25) is 0 Å². The summed E-state index contributed by atoms with van der Waals surface area (Å²) in [5, 5.41) is 9.61. The van der Waals surface area contributed by atoms with E-state index < -0.39 is 0 Å². The molecule has 0 radical (unpaired) electrons. The second-order valence-electron chi connectivity index (χ2n) is 7.16. The summed E-state index contributed by atoms with van der Waals surface area (Å²) >= 11 is 1.90. The van der Waals surface area contributed by atoms with Gasteiger partial charge < -0.3 is 5.32 Å². The lowest BCUT2D eigenvalue weighted by Gasteiger charge is -2.23. The molecule has 0 aromatic carbocycles. The van der Waals surface area contributed by atoms with Crippen LogP contribution >= 0.6 is 11.3 Å². The lowest BCUT2D eigenvalue weighted by Crippen LogP contribution is -2.25. The van der Waals surface area contributed by atoms with E-state index in [-0.39, 0.29) is 0 Å². The molecule has 2 aliphatic rings. The Kier molecular flexibility index (Phi) is 4.30. The molecule has 1 N–H and O–H groups in total. The smallest absolute Gasteiger partial charge is 0.153 e. The van der Waals surface area contributed by atoms with Crippen LogP contribution < -0.4 is 5.32 Å². The minimum atomic E-state index is 0.358. The molecule has 134 valence electrons. The van der Waals surface area contributed by atoms with Crippen LogP contribution in [0.25, 0.3) is 5.82 Å². The van der Waals surface area contributed by atoms with Gasteiger partial charge in [-0.2, -0.15) is 5.10 Å². The topological polar surface area (TPSA) is 55.6 Å². The van der Waals surface area contributed by atoms with E-state index in [9.17, 15) is 0 Å². The molecule has 0 saturated carbocycles. The molecule has 0 unspecified atom stereocenters. The van der Waals surface area contributed by atoms with E-state index in [4.69, 9.17) is 4.98 Å². The van der Waals surface area contributed by atoms with Gasteiger partial charge in [0.15, 0.2) is 5.82 Å². The van der Waals surface area contributed by atoms with Crippen LogP contribution in [0.15, 0.2) is 30.6 Å². The Hall–Kier alpha value is -2.05. The maximum Gasteiger partial charge on any atom is 0.153 e. The number of nitrogens with one attached hydrogen (secondary N) is 1. The van der Waals surface area contributed by atoms with Crippen LogP contribution in [0.5, 0.6) is 0 Å². The van der Waals surface area contributed by atoms with Crippen molar-refractivity contribution in [3.8, 4) is 5.82 Å². The van der Waals surface area contributed by atoms with Gasteiger partial charge >= 0.3 is 0 Å². The van der Waals surface area contributed by atoms with Crippen molar-refractivity contribution in [2.24, 2.45) is 0 Å². The summed E-state index contributed by atoms with van der Waals surface area (Å²) in [5.41, 5.74) is 3.97. The standard InChI is InChI=1S/C20H23N5S/c1-2-9-18-16(6-1)24-20(26-18)13-22-15-7-5-8-17-14(15)12-23-25(17)19-10-3-4-11-21-19/h3-4,10-12,15,22H,1-2,5-9,13H2/t15-/m1/s1. The third-order valence-electron chi connectivity index (χ3n) is 5.44. The van der Waals surface area contributed by atoms with Crippen molar-refractivity contribution >= 4 is 11.3 Å². The van der Waals surface area contributed by atoms with Crippen molar-refractivity contribution in [3.63, 3.8) is 0 Å². The average Bonchev–Trinajstić information content (AvgIpc) is 3.31. The summed E-state index contributed by atoms with van der Waals surface area (Å²) < 4.78 is 2.01. The normalized spacial score (nSPS) is 19.2. The highest BCUT2D eigenvalue weighted by Gasteiger charge is 2.25. The van der Waals surface area contributed by atoms with E-state index in [1.54, 1.807) is 0 Å². The van der Waals surface area contributed by atoms with Gasteiger partial charge in [-0.15, -0.1) is 11.3 Å². The minimum Gasteiger partial charge on any atom is -0.303 e. The van der Waals surface area contributed by atoms with E-state index in [1.165, 1.54) is 52.5 Å². The van der Waals surface area contributed by atoms with Crippen LogP contribution in [-0.2, 0) is 25.8 Å². The monoisotopic (exact) mass is 365 g/mol. The molecule has 2 aliphatic carbocycles. The molecule has 6 heteroatoms. The highest BCUT2D eigenvalue weighted by Crippen LogP contribution is 2.32. The van der Waals surface area contributed by atoms with E-state index in [0.717, 1.165) is 31.6 Å². The van der Waals surface area contributed by atoms with Crippen LogP contribution in [0.1, 0.15) is 58.6 Å². The number of fused-ring (bicyclic) bond motifs is 2. The number of aryl methyl sites for hydroxylation is 2. The fraction of sp³-hybridized carbons (Fsp3) is 0.450. The third-order valence-corrected chi connectivity index (χ3v) is 6.60. The zero-order valence-electron chi connectivity index (χ0n) is 14.8. The van der Waals surface area contributed by atoms with Crippen molar-refractivity contribution in [2.45, 2.75) is 57.5 Å². The Bertz CT molecular complexity index is 875. The van der Waals surface area contributed by atoms with Gasteiger partial charge in [0.25, 0.3) is 0 Å². The van der Waals surface area contributed by atoms with Crippen molar-refractivity contribution in [3.05, 3.63) is 57.4 Å². The summed E-state index contributed by atoms with van der Waals surface area (Å²) in [6, 6.07) is 6.33. The van der Waals surface area contributed by atoms with Crippen LogP contribution in [-0.4, -0.2) is 19.7 Å². The highest BCUT2D eigenvalue weighted by molar-refractivity contribution is 7.11. The molecule has 3 heterocycles. The lowest BCUT2D eigenvalue weighted by molar-refractivity contribution is 0.453. The van der Waals surface area contributed by atoms with Crippen LogP contribution in [0.4, 0.5) is 0 Å². The molecule has 26 heavy (non-hydrogen) atoms. The average molecular weight is 366 g/mol. The SMILES string of the molecule is c1ccc(-n2ncc3c2CCC[C@H]3NCc2nc3c(s2)CCCC3)nc1. The summed E-state index contributed by atoms with van der Waals surface area (Å²) in [6.45, 7) is 0.858. The summed E-state index contributed by atoms with van der Waals surface area (Å²) in [6.07, 6.45) is 12.2.